The number of aromatic amines is 1. The van der Waals surface area contributed by atoms with Crippen molar-refractivity contribution in [2.75, 3.05) is 6.54 Å². The number of hydrogen-bond donors (Lipinski definition) is 2. The van der Waals surface area contributed by atoms with Gasteiger partial charge in [0.25, 0.3) is 0 Å². The fourth-order valence-corrected chi connectivity index (χ4v) is 1.68. The summed E-state index contributed by atoms with van der Waals surface area (Å²) in [5.74, 6) is 0. The SMILES string of the molecule is C/C=C/CCNCc1ccc2cn[nH]c2c1. The number of hydrogen-bond acceptors (Lipinski definition) is 2. The Morgan fingerprint density at radius 2 is 2.38 bits per heavy atom. The molecule has 84 valence electrons. The first-order valence-electron chi connectivity index (χ1n) is 5.64. The van der Waals surface area contributed by atoms with E-state index in [0.717, 1.165) is 30.4 Å². The van der Waals surface area contributed by atoms with Crippen LogP contribution in [0.4, 0.5) is 0 Å². The second kappa shape index (κ2) is 5.47. The zero-order valence-electron chi connectivity index (χ0n) is 9.53. The lowest BCUT2D eigenvalue weighted by molar-refractivity contribution is 0.695. The van der Waals surface area contributed by atoms with Crippen molar-refractivity contribution in [1.29, 1.82) is 0 Å². The Hall–Kier alpha value is -1.61. The molecule has 0 aliphatic heterocycles. The predicted octanol–water partition coefficient (Wildman–Crippen LogP) is 2.62. The molecule has 2 N–H and O–H groups in total. The van der Waals surface area contributed by atoms with Crippen molar-refractivity contribution < 1.29 is 0 Å². The number of benzene rings is 1. The van der Waals surface area contributed by atoms with Crippen molar-refractivity contribution in [2.45, 2.75) is 19.9 Å². The van der Waals surface area contributed by atoms with Gasteiger partial charge in [-0.1, -0.05) is 24.3 Å². The van der Waals surface area contributed by atoms with Gasteiger partial charge >= 0.3 is 0 Å². The van der Waals surface area contributed by atoms with E-state index in [-0.39, 0.29) is 0 Å². The fourth-order valence-electron chi connectivity index (χ4n) is 1.68. The quantitative estimate of drug-likeness (QED) is 0.594. The number of H-pyrrole nitrogens is 1. The zero-order valence-corrected chi connectivity index (χ0v) is 9.53. The van der Waals surface area contributed by atoms with Gasteiger partial charge in [-0.3, -0.25) is 5.10 Å². The minimum atomic E-state index is 0.909. The molecule has 3 nitrogen and oxygen atoms in total. The van der Waals surface area contributed by atoms with E-state index < -0.39 is 0 Å². The molecule has 2 rings (SSSR count). The summed E-state index contributed by atoms with van der Waals surface area (Å²) in [5.41, 5.74) is 2.39. The molecule has 16 heavy (non-hydrogen) atoms. The maximum absolute atomic E-state index is 4.01. The van der Waals surface area contributed by atoms with Crippen LogP contribution in [0.2, 0.25) is 0 Å². The van der Waals surface area contributed by atoms with E-state index in [1.54, 1.807) is 0 Å². The van der Waals surface area contributed by atoms with Crippen LogP contribution in [0.5, 0.6) is 0 Å². The molecule has 2 aromatic rings. The first-order valence-corrected chi connectivity index (χ1v) is 5.64. The minimum absolute atomic E-state index is 0.909. The minimum Gasteiger partial charge on any atom is -0.312 e. The third-order valence-corrected chi connectivity index (χ3v) is 2.56. The lowest BCUT2D eigenvalue weighted by atomic mass is 10.1. The maximum atomic E-state index is 4.01. The molecule has 0 spiro atoms. The van der Waals surface area contributed by atoms with Gasteiger partial charge < -0.3 is 5.32 Å². The second-order valence-electron chi connectivity index (χ2n) is 3.83. The number of nitrogens with zero attached hydrogens (tertiary/aromatic N) is 1. The lowest BCUT2D eigenvalue weighted by Crippen LogP contribution is -2.13. The molecule has 3 heteroatoms. The van der Waals surface area contributed by atoms with Crippen molar-refractivity contribution in [3.05, 3.63) is 42.1 Å². The van der Waals surface area contributed by atoms with Crippen molar-refractivity contribution in [1.82, 2.24) is 15.5 Å². The van der Waals surface area contributed by atoms with Crippen LogP contribution in [0.25, 0.3) is 10.9 Å². The van der Waals surface area contributed by atoms with E-state index in [1.807, 2.05) is 13.1 Å². The van der Waals surface area contributed by atoms with Crippen LogP contribution < -0.4 is 5.32 Å². The van der Waals surface area contributed by atoms with Crippen LogP contribution in [-0.2, 0) is 6.54 Å². The molecule has 1 aromatic carbocycles. The Morgan fingerprint density at radius 1 is 1.44 bits per heavy atom. The summed E-state index contributed by atoms with van der Waals surface area (Å²) in [4.78, 5) is 0. The number of aromatic nitrogens is 2. The number of allylic oxidation sites excluding steroid dienone is 1. The molecule has 0 bridgehead atoms. The molecule has 0 aliphatic rings. The molecule has 0 saturated heterocycles. The average Bonchev–Trinajstić information content (AvgIpc) is 2.76. The van der Waals surface area contributed by atoms with Crippen molar-refractivity contribution >= 4 is 10.9 Å². The standard InChI is InChI=1S/C13H17N3/c1-2-3-4-7-14-9-11-5-6-12-10-15-16-13(12)8-11/h2-3,5-6,8,10,14H,4,7,9H2,1H3,(H,15,16)/b3-2+. The van der Waals surface area contributed by atoms with Crippen LogP contribution >= 0.6 is 0 Å². The Balaban J connectivity index is 1.89. The Bertz CT molecular complexity index is 471. The summed E-state index contributed by atoms with van der Waals surface area (Å²) >= 11 is 0. The molecule has 0 atom stereocenters. The van der Waals surface area contributed by atoms with Crippen LogP contribution in [0.15, 0.2) is 36.5 Å². The molecular weight excluding hydrogens is 198 g/mol. The number of rotatable bonds is 5. The molecule has 0 unspecified atom stereocenters. The molecule has 1 heterocycles. The molecule has 0 saturated carbocycles. The highest BCUT2D eigenvalue weighted by Crippen LogP contribution is 2.12. The highest BCUT2D eigenvalue weighted by Gasteiger charge is 1.97. The van der Waals surface area contributed by atoms with Gasteiger partial charge in [-0.2, -0.15) is 5.10 Å². The van der Waals surface area contributed by atoms with Gasteiger partial charge in [0.15, 0.2) is 0 Å². The molecular formula is C13H17N3. The average molecular weight is 215 g/mol. The lowest BCUT2D eigenvalue weighted by Gasteiger charge is -2.03. The normalized spacial score (nSPS) is 11.6. The highest BCUT2D eigenvalue weighted by atomic mass is 15.1. The molecule has 0 aliphatic carbocycles. The van der Waals surface area contributed by atoms with Crippen molar-refractivity contribution in [3.63, 3.8) is 0 Å². The van der Waals surface area contributed by atoms with Crippen molar-refractivity contribution in [3.8, 4) is 0 Å². The molecule has 0 amide bonds. The number of nitrogens with one attached hydrogen (secondary N) is 2. The van der Waals surface area contributed by atoms with Gasteiger partial charge in [0.2, 0.25) is 0 Å². The topological polar surface area (TPSA) is 40.7 Å². The Labute approximate surface area is 95.6 Å². The van der Waals surface area contributed by atoms with Gasteiger partial charge in [0.05, 0.1) is 11.7 Å². The summed E-state index contributed by atoms with van der Waals surface area (Å²) < 4.78 is 0. The Morgan fingerprint density at radius 3 is 3.25 bits per heavy atom. The van der Waals surface area contributed by atoms with Gasteiger partial charge in [-0.15, -0.1) is 0 Å². The van der Waals surface area contributed by atoms with Gasteiger partial charge in [-0.05, 0) is 31.5 Å². The highest BCUT2D eigenvalue weighted by molar-refractivity contribution is 5.78. The van der Waals surface area contributed by atoms with Crippen LogP contribution in [-0.4, -0.2) is 16.7 Å². The second-order valence-corrected chi connectivity index (χ2v) is 3.83. The predicted molar refractivity (Wildman–Crippen MR) is 67.2 cm³/mol. The van der Waals surface area contributed by atoms with Crippen LogP contribution in [0, 0.1) is 0 Å². The Kier molecular flexibility index (Phi) is 3.72. The summed E-state index contributed by atoms with van der Waals surface area (Å²) in [5, 5.41) is 11.6. The third-order valence-electron chi connectivity index (χ3n) is 2.56. The fraction of sp³-hybridized carbons (Fsp3) is 0.308. The summed E-state index contributed by atoms with van der Waals surface area (Å²) in [6.45, 7) is 3.98. The van der Waals surface area contributed by atoms with E-state index >= 15 is 0 Å². The smallest absolute Gasteiger partial charge is 0.0653 e. The zero-order chi connectivity index (χ0) is 11.2. The van der Waals surface area contributed by atoms with Crippen molar-refractivity contribution in [2.24, 2.45) is 0 Å². The van der Waals surface area contributed by atoms with Gasteiger partial charge in [-0.25, -0.2) is 0 Å². The number of fused-ring (bicyclic) bond motifs is 1. The third kappa shape index (κ3) is 2.70. The van der Waals surface area contributed by atoms with E-state index in [1.165, 1.54) is 5.56 Å². The largest absolute Gasteiger partial charge is 0.312 e. The van der Waals surface area contributed by atoms with Crippen LogP contribution in [0.1, 0.15) is 18.9 Å². The van der Waals surface area contributed by atoms with E-state index in [0.29, 0.717) is 0 Å². The maximum Gasteiger partial charge on any atom is 0.0653 e. The molecule has 0 radical (unpaired) electrons. The summed E-state index contributed by atoms with van der Waals surface area (Å²) in [6.07, 6.45) is 7.19. The van der Waals surface area contributed by atoms with E-state index in [4.69, 9.17) is 0 Å². The van der Waals surface area contributed by atoms with Gasteiger partial charge in [0, 0.05) is 11.9 Å². The molecule has 0 fully saturated rings. The van der Waals surface area contributed by atoms with Crippen LogP contribution in [0.3, 0.4) is 0 Å². The summed E-state index contributed by atoms with van der Waals surface area (Å²) in [7, 11) is 0. The van der Waals surface area contributed by atoms with Gasteiger partial charge in [0.1, 0.15) is 0 Å². The molecule has 1 aromatic heterocycles. The van der Waals surface area contributed by atoms with E-state index in [2.05, 4.69) is 45.9 Å². The summed E-state index contributed by atoms with van der Waals surface area (Å²) in [6, 6.07) is 6.38. The van der Waals surface area contributed by atoms with E-state index in [9.17, 15) is 0 Å². The first-order chi connectivity index (χ1) is 7.90. The monoisotopic (exact) mass is 215 g/mol. The first kappa shape index (κ1) is 10.9.